The molecule has 1 aromatic carbocycles. The first kappa shape index (κ1) is 21.6. The molecule has 1 saturated heterocycles. The predicted octanol–water partition coefficient (Wildman–Crippen LogP) is 4.20. The van der Waals surface area contributed by atoms with Crippen LogP contribution in [0.15, 0.2) is 29.1 Å². The molecule has 170 valence electrons. The van der Waals surface area contributed by atoms with Gasteiger partial charge in [-0.1, -0.05) is 12.1 Å². The van der Waals surface area contributed by atoms with Crippen molar-refractivity contribution in [2.45, 2.75) is 44.9 Å². The van der Waals surface area contributed by atoms with E-state index in [2.05, 4.69) is 14.8 Å². The number of fused-ring (bicyclic) bond motifs is 3. The summed E-state index contributed by atoms with van der Waals surface area (Å²) in [5.74, 6) is 0.707. The second kappa shape index (κ2) is 8.61. The van der Waals surface area contributed by atoms with Crippen LogP contribution in [0.4, 0.5) is 13.2 Å². The number of thiophene rings is 1. The quantitative estimate of drug-likeness (QED) is 0.632. The van der Waals surface area contributed by atoms with Gasteiger partial charge in [-0.3, -0.25) is 14.6 Å². The molecule has 0 saturated carbocycles. The van der Waals surface area contributed by atoms with Gasteiger partial charge in [0.2, 0.25) is 0 Å². The van der Waals surface area contributed by atoms with Crippen molar-refractivity contribution >= 4 is 21.6 Å². The topological polar surface area (TPSA) is 52.2 Å². The Hall–Kier alpha value is -2.23. The Balaban J connectivity index is 1.22. The molecule has 9 heteroatoms. The van der Waals surface area contributed by atoms with Crippen LogP contribution in [0.3, 0.4) is 0 Å². The molecule has 0 atom stereocenters. The molecule has 2 aliphatic rings. The maximum Gasteiger partial charge on any atom is 0.416 e. The Kier molecular flexibility index (Phi) is 5.81. The minimum absolute atomic E-state index is 0.0249. The van der Waals surface area contributed by atoms with E-state index < -0.39 is 11.7 Å². The largest absolute Gasteiger partial charge is 0.416 e. The smallest absolute Gasteiger partial charge is 0.309 e. The summed E-state index contributed by atoms with van der Waals surface area (Å²) in [5.41, 5.74) is 1.44. The van der Waals surface area contributed by atoms with E-state index in [0.29, 0.717) is 18.9 Å². The second-order valence-electron chi connectivity index (χ2n) is 8.65. The fraction of sp³-hybridized carbons (Fsp3) is 0.478. The zero-order chi connectivity index (χ0) is 22.3. The highest BCUT2D eigenvalue weighted by molar-refractivity contribution is 7.18. The lowest BCUT2D eigenvalue weighted by atomic mass is 10.1. The third kappa shape index (κ3) is 4.46. The summed E-state index contributed by atoms with van der Waals surface area (Å²) in [5, 5.41) is 0.782. The highest BCUT2D eigenvalue weighted by Crippen LogP contribution is 2.34. The van der Waals surface area contributed by atoms with Crippen LogP contribution in [-0.4, -0.2) is 45.9 Å². The number of nitrogens with zero attached hydrogens (tertiary/aromatic N) is 3. The number of aryl methyl sites for hydroxylation is 2. The van der Waals surface area contributed by atoms with Gasteiger partial charge in [-0.2, -0.15) is 13.2 Å². The molecule has 1 fully saturated rings. The van der Waals surface area contributed by atoms with Crippen molar-refractivity contribution in [3.8, 4) is 0 Å². The Bertz CT molecular complexity index is 1170. The first-order chi connectivity index (χ1) is 15.4. The minimum Gasteiger partial charge on any atom is -0.309 e. The van der Waals surface area contributed by atoms with Gasteiger partial charge in [0.05, 0.1) is 17.5 Å². The van der Waals surface area contributed by atoms with Crippen LogP contribution in [0.5, 0.6) is 0 Å². The molecular weight excluding hydrogens is 437 g/mol. The van der Waals surface area contributed by atoms with Gasteiger partial charge >= 0.3 is 6.18 Å². The molecule has 3 heterocycles. The van der Waals surface area contributed by atoms with E-state index in [1.54, 1.807) is 23.5 Å². The first-order valence-electron chi connectivity index (χ1n) is 11.0. The highest BCUT2D eigenvalue weighted by atomic mass is 32.1. The van der Waals surface area contributed by atoms with Crippen molar-refractivity contribution in [3.63, 3.8) is 0 Å². The van der Waals surface area contributed by atoms with Crippen molar-refractivity contribution in [2.75, 3.05) is 26.2 Å². The van der Waals surface area contributed by atoms with Gasteiger partial charge in [-0.05, 0) is 62.0 Å². The van der Waals surface area contributed by atoms with Crippen molar-refractivity contribution < 1.29 is 13.2 Å². The summed E-state index contributed by atoms with van der Waals surface area (Å²) in [6.45, 7) is 4.66. The Morgan fingerprint density at radius 2 is 1.69 bits per heavy atom. The van der Waals surface area contributed by atoms with Crippen molar-refractivity contribution in [3.05, 3.63) is 62.0 Å². The fourth-order valence-electron chi connectivity index (χ4n) is 4.73. The molecule has 1 aliphatic heterocycles. The molecule has 1 N–H and O–H groups in total. The van der Waals surface area contributed by atoms with Crippen LogP contribution >= 0.6 is 11.3 Å². The van der Waals surface area contributed by atoms with E-state index in [1.807, 2.05) is 0 Å². The number of H-pyrrole nitrogens is 1. The molecule has 0 amide bonds. The zero-order valence-corrected chi connectivity index (χ0v) is 18.5. The molecule has 5 nitrogen and oxygen atoms in total. The summed E-state index contributed by atoms with van der Waals surface area (Å²) < 4.78 is 38.3. The lowest BCUT2D eigenvalue weighted by Gasteiger charge is -2.21. The number of aromatic nitrogens is 2. The van der Waals surface area contributed by atoms with Gasteiger partial charge in [-0.15, -0.1) is 11.3 Å². The van der Waals surface area contributed by atoms with Crippen LogP contribution in [0, 0.1) is 0 Å². The number of hydrogen-bond acceptors (Lipinski definition) is 5. The van der Waals surface area contributed by atoms with Gasteiger partial charge in [-0.25, -0.2) is 4.98 Å². The average Bonchev–Trinajstić information content (AvgIpc) is 3.25. The minimum atomic E-state index is -4.30. The second-order valence-corrected chi connectivity index (χ2v) is 9.73. The summed E-state index contributed by atoms with van der Waals surface area (Å²) in [6, 6.07) is 5.43. The van der Waals surface area contributed by atoms with E-state index in [0.717, 1.165) is 79.8 Å². The van der Waals surface area contributed by atoms with E-state index in [9.17, 15) is 18.0 Å². The van der Waals surface area contributed by atoms with Crippen LogP contribution in [-0.2, 0) is 32.1 Å². The number of rotatable bonds is 4. The van der Waals surface area contributed by atoms with Crippen molar-refractivity contribution in [2.24, 2.45) is 0 Å². The average molecular weight is 463 g/mol. The molecule has 0 radical (unpaired) electrons. The fourth-order valence-corrected chi connectivity index (χ4v) is 6.01. The number of benzene rings is 1. The van der Waals surface area contributed by atoms with Crippen LogP contribution in [0.25, 0.3) is 10.2 Å². The lowest BCUT2D eigenvalue weighted by Crippen LogP contribution is -2.31. The number of hydrogen-bond donors (Lipinski definition) is 1. The maximum absolute atomic E-state index is 12.8. The Morgan fingerprint density at radius 1 is 0.969 bits per heavy atom. The number of halogens is 3. The number of alkyl halides is 3. The van der Waals surface area contributed by atoms with Crippen molar-refractivity contribution in [1.29, 1.82) is 0 Å². The molecule has 32 heavy (non-hydrogen) atoms. The highest BCUT2D eigenvalue weighted by Gasteiger charge is 2.30. The van der Waals surface area contributed by atoms with E-state index >= 15 is 0 Å². The predicted molar refractivity (Wildman–Crippen MR) is 119 cm³/mol. The van der Waals surface area contributed by atoms with Gasteiger partial charge < -0.3 is 4.98 Å². The number of nitrogens with one attached hydrogen (secondary N) is 1. The van der Waals surface area contributed by atoms with E-state index in [1.165, 1.54) is 10.4 Å². The third-order valence-corrected chi connectivity index (χ3v) is 7.55. The standard InChI is InChI=1S/C23H25F3N4OS/c24-23(25,26)16-7-5-15(6-8-16)13-29-9-2-10-30(12-11-29)14-19-27-21(31)20-17-3-1-4-18(17)32-22(20)28-19/h5-8H,1-4,9-14H2,(H,27,28,31). The van der Waals surface area contributed by atoms with Gasteiger partial charge in [0.25, 0.3) is 5.56 Å². The summed E-state index contributed by atoms with van der Waals surface area (Å²) >= 11 is 1.66. The molecule has 0 spiro atoms. The van der Waals surface area contributed by atoms with E-state index in [4.69, 9.17) is 4.98 Å². The van der Waals surface area contributed by atoms with Gasteiger partial charge in [0.15, 0.2) is 0 Å². The van der Waals surface area contributed by atoms with Crippen LogP contribution in [0.2, 0.25) is 0 Å². The molecule has 5 rings (SSSR count). The maximum atomic E-state index is 12.8. The van der Waals surface area contributed by atoms with Crippen LogP contribution < -0.4 is 5.56 Å². The molecule has 0 bridgehead atoms. The van der Waals surface area contributed by atoms with Crippen LogP contribution in [0.1, 0.15) is 40.2 Å². The van der Waals surface area contributed by atoms with E-state index in [-0.39, 0.29) is 5.56 Å². The SMILES string of the molecule is O=c1[nH]c(CN2CCCN(Cc3ccc(C(F)(F)F)cc3)CC2)nc2sc3c(c12)CCC3. The molecular formula is C23H25F3N4OS. The summed E-state index contributed by atoms with van der Waals surface area (Å²) in [4.78, 5) is 27.2. The summed E-state index contributed by atoms with van der Waals surface area (Å²) in [6.07, 6.45) is -0.204. The molecule has 3 aromatic rings. The Labute approximate surface area is 187 Å². The third-order valence-electron chi connectivity index (χ3n) is 6.37. The monoisotopic (exact) mass is 462 g/mol. The Morgan fingerprint density at radius 3 is 2.41 bits per heavy atom. The molecule has 2 aromatic heterocycles. The number of aromatic amines is 1. The first-order valence-corrected chi connectivity index (χ1v) is 11.8. The van der Waals surface area contributed by atoms with Gasteiger partial charge in [0, 0.05) is 24.5 Å². The zero-order valence-electron chi connectivity index (χ0n) is 17.7. The molecule has 1 aliphatic carbocycles. The molecule has 0 unspecified atom stereocenters. The summed E-state index contributed by atoms with van der Waals surface area (Å²) in [7, 11) is 0. The normalized spacial score (nSPS) is 18.2. The lowest BCUT2D eigenvalue weighted by molar-refractivity contribution is -0.137. The van der Waals surface area contributed by atoms with Gasteiger partial charge in [0.1, 0.15) is 10.7 Å². The van der Waals surface area contributed by atoms with Crippen molar-refractivity contribution in [1.82, 2.24) is 19.8 Å².